The number of alkyl halides is 3. The van der Waals surface area contributed by atoms with Crippen molar-refractivity contribution < 1.29 is 21.6 Å². The van der Waals surface area contributed by atoms with Crippen LogP contribution in [0.3, 0.4) is 0 Å². The molecule has 0 unspecified atom stereocenters. The first kappa shape index (κ1) is 16.3. The van der Waals surface area contributed by atoms with E-state index in [2.05, 4.69) is 11.8 Å². The largest absolute Gasteiger partial charge is 0.402 e. The number of hydrogen-bond donors (Lipinski definition) is 3. The molecule has 0 bridgehead atoms. The van der Waals surface area contributed by atoms with Crippen molar-refractivity contribution in [1.82, 2.24) is 4.72 Å². The molecule has 0 fully saturated rings. The molecule has 1 rings (SSSR count). The Bertz CT molecular complexity index is 601. The monoisotopic (exact) mass is 307 g/mol. The highest BCUT2D eigenvalue weighted by atomic mass is 32.2. The third-order valence-electron chi connectivity index (χ3n) is 1.93. The first-order chi connectivity index (χ1) is 9.22. The van der Waals surface area contributed by atoms with Gasteiger partial charge in [-0.15, -0.1) is 0 Å². The smallest absolute Gasteiger partial charge is 0.320 e. The van der Waals surface area contributed by atoms with Crippen molar-refractivity contribution in [3.8, 4) is 11.8 Å². The molecule has 0 aromatic heterocycles. The van der Waals surface area contributed by atoms with Gasteiger partial charge in [0.15, 0.2) is 0 Å². The molecule has 1 aromatic carbocycles. The van der Waals surface area contributed by atoms with Gasteiger partial charge in [-0.05, 0) is 24.3 Å². The Balaban J connectivity index is 2.68. The third kappa shape index (κ3) is 6.42. The van der Waals surface area contributed by atoms with Crippen molar-refractivity contribution in [1.29, 1.82) is 0 Å². The molecule has 0 radical (unpaired) electrons. The first-order valence-electron chi connectivity index (χ1n) is 5.35. The second-order valence-corrected chi connectivity index (χ2v) is 5.12. The van der Waals surface area contributed by atoms with Crippen LogP contribution in [0.15, 0.2) is 24.3 Å². The molecule has 0 saturated heterocycles. The van der Waals surface area contributed by atoms with Crippen molar-refractivity contribution in [2.75, 3.05) is 17.8 Å². The van der Waals surface area contributed by atoms with Gasteiger partial charge in [-0.3, -0.25) is 4.72 Å². The van der Waals surface area contributed by atoms with Crippen molar-refractivity contribution in [3.63, 3.8) is 0 Å². The zero-order valence-electron chi connectivity index (χ0n) is 10.2. The summed E-state index contributed by atoms with van der Waals surface area (Å²) in [5.41, 5.74) is 5.93. The van der Waals surface area contributed by atoms with Crippen LogP contribution >= 0.6 is 0 Å². The fraction of sp³-hybridized carbons (Fsp3) is 0.273. The summed E-state index contributed by atoms with van der Waals surface area (Å²) >= 11 is 0. The van der Waals surface area contributed by atoms with Crippen molar-refractivity contribution in [3.05, 3.63) is 29.8 Å². The average molecular weight is 307 g/mol. The SMILES string of the molecule is NCC#Cc1ccc(NS(=O)(=O)NCC(F)(F)F)cc1. The van der Waals surface area contributed by atoms with Gasteiger partial charge in [0.05, 0.1) is 6.54 Å². The summed E-state index contributed by atoms with van der Waals surface area (Å²) in [6.45, 7) is -1.45. The van der Waals surface area contributed by atoms with Crippen LogP contribution in [0, 0.1) is 11.8 Å². The van der Waals surface area contributed by atoms with Crippen LogP contribution < -0.4 is 15.2 Å². The van der Waals surface area contributed by atoms with Crippen LogP contribution in [0.2, 0.25) is 0 Å². The van der Waals surface area contributed by atoms with Crippen LogP contribution in [0.4, 0.5) is 18.9 Å². The third-order valence-corrected chi connectivity index (χ3v) is 2.96. The molecular weight excluding hydrogens is 295 g/mol. The zero-order valence-corrected chi connectivity index (χ0v) is 11.0. The van der Waals surface area contributed by atoms with Crippen LogP contribution in [-0.2, 0) is 10.2 Å². The molecule has 0 spiro atoms. The van der Waals surface area contributed by atoms with Gasteiger partial charge in [-0.1, -0.05) is 11.8 Å². The van der Waals surface area contributed by atoms with Gasteiger partial charge in [0, 0.05) is 11.3 Å². The molecule has 0 saturated carbocycles. The zero-order chi connectivity index (χ0) is 15.2. The number of halogens is 3. The standard InChI is InChI=1S/C11H12F3N3O2S/c12-11(13,14)8-16-20(18,19)17-10-5-3-9(4-6-10)2-1-7-15/h3-6,16-17H,7-8,15H2. The second-order valence-electron chi connectivity index (χ2n) is 3.63. The number of hydrogen-bond acceptors (Lipinski definition) is 3. The number of anilines is 1. The Kier molecular flexibility index (Phi) is 5.38. The molecule has 5 nitrogen and oxygen atoms in total. The number of nitrogens with two attached hydrogens (primary N) is 1. The minimum absolute atomic E-state index is 0.123. The van der Waals surface area contributed by atoms with E-state index in [1.807, 2.05) is 4.72 Å². The highest BCUT2D eigenvalue weighted by Gasteiger charge is 2.29. The summed E-state index contributed by atoms with van der Waals surface area (Å²) in [6.07, 6.45) is -4.61. The van der Waals surface area contributed by atoms with Gasteiger partial charge in [0.2, 0.25) is 0 Å². The lowest BCUT2D eigenvalue weighted by Gasteiger charge is -2.11. The second kappa shape index (κ2) is 6.60. The molecule has 0 aliphatic heterocycles. The molecule has 4 N–H and O–H groups in total. The summed E-state index contributed by atoms with van der Waals surface area (Å²) < 4.78 is 61.8. The van der Waals surface area contributed by atoms with Gasteiger partial charge in [-0.2, -0.15) is 26.3 Å². The summed E-state index contributed by atoms with van der Waals surface area (Å²) in [7, 11) is -4.27. The lowest BCUT2D eigenvalue weighted by atomic mass is 10.2. The van der Waals surface area contributed by atoms with E-state index >= 15 is 0 Å². The van der Waals surface area contributed by atoms with Crippen LogP contribution in [0.5, 0.6) is 0 Å². The maximum Gasteiger partial charge on any atom is 0.402 e. The van der Waals surface area contributed by atoms with E-state index in [0.717, 1.165) is 0 Å². The van der Waals surface area contributed by atoms with E-state index in [1.165, 1.54) is 29.0 Å². The van der Waals surface area contributed by atoms with Gasteiger partial charge in [0.25, 0.3) is 10.2 Å². The van der Waals surface area contributed by atoms with Gasteiger partial charge >= 0.3 is 6.18 Å². The van der Waals surface area contributed by atoms with Gasteiger partial charge < -0.3 is 5.73 Å². The predicted octanol–water partition coefficient (Wildman–Crippen LogP) is 0.805. The summed E-state index contributed by atoms with van der Waals surface area (Å²) in [5, 5.41) is 0. The van der Waals surface area contributed by atoms with E-state index in [9.17, 15) is 21.6 Å². The average Bonchev–Trinajstić information content (AvgIpc) is 2.35. The minimum atomic E-state index is -4.61. The predicted molar refractivity (Wildman–Crippen MR) is 69.0 cm³/mol. The number of rotatable bonds is 4. The Morgan fingerprint density at radius 2 is 1.80 bits per heavy atom. The Morgan fingerprint density at radius 3 is 2.30 bits per heavy atom. The van der Waals surface area contributed by atoms with Gasteiger partial charge in [-0.25, -0.2) is 0 Å². The molecule has 0 heterocycles. The first-order valence-corrected chi connectivity index (χ1v) is 6.83. The Hall–Kier alpha value is -1.76. The molecule has 110 valence electrons. The molecule has 1 aromatic rings. The molecule has 0 aliphatic carbocycles. The number of benzene rings is 1. The molecule has 0 aliphatic rings. The topological polar surface area (TPSA) is 84.2 Å². The molecule has 20 heavy (non-hydrogen) atoms. The van der Waals surface area contributed by atoms with Crippen LogP contribution in [-0.4, -0.2) is 27.7 Å². The summed E-state index contributed by atoms with van der Waals surface area (Å²) in [6, 6.07) is 5.80. The lowest BCUT2D eigenvalue weighted by molar-refractivity contribution is -0.121. The van der Waals surface area contributed by atoms with E-state index in [0.29, 0.717) is 5.56 Å². The summed E-state index contributed by atoms with van der Waals surface area (Å²) in [4.78, 5) is 0. The van der Waals surface area contributed by atoms with E-state index in [1.54, 1.807) is 0 Å². The van der Waals surface area contributed by atoms with Crippen LogP contribution in [0.25, 0.3) is 0 Å². The van der Waals surface area contributed by atoms with Crippen molar-refractivity contribution in [2.24, 2.45) is 5.73 Å². The highest BCUT2D eigenvalue weighted by molar-refractivity contribution is 7.90. The fourth-order valence-corrected chi connectivity index (χ4v) is 2.02. The van der Waals surface area contributed by atoms with Crippen molar-refractivity contribution >= 4 is 15.9 Å². The molecular formula is C11H12F3N3O2S. The highest BCUT2D eigenvalue weighted by Crippen LogP contribution is 2.14. The van der Waals surface area contributed by atoms with E-state index < -0.39 is 22.9 Å². The Labute approximate surface area is 114 Å². The maximum absolute atomic E-state index is 11.9. The Morgan fingerprint density at radius 1 is 1.20 bits per heavy atom. The number of nitrogens with one attached hydrogen (secondary N) is 2. The van der Waals surface area contributed by atoms with Crippen LogP contribution in [0.1, 0.15) is 5.56 Å². The van der Waals surface area contributed by atoms with Crippen molar-refractivity contribution in [2.45, 2.75) is 6.18 Å². The molecule has 0 amide bonds. The fourth-order valence-electron chi connectivity index (χ4n) is 1.14. The lowest BCUT2D eigenvalue weighted by Crippen LogP contribution is -2.37. The molecule has 0 atom stereocenters. The van der Waals surface area contributed by atoms with Gasteiger partial charge in [0.1, 0.15) is 6.54 Å². The van der Waals surface area contributed by atoms with E-state index in [-0.39, 0.29) is 12.2 Å². The minimum Gasteiger partial charge on any atom is -0.320 e. The normalized spacial score (nSPS) is 11.6. The maximum atomic E-state index is 11.9. The summed E-state index contributed by atoms with van der Waals surface area (Å²) in [5.74, 6) is 5.33. The van der Waals surface area contributed by atoms with E-state index in [4.69, 9.17) is 5.73 Å². The molecule has 9 heteroatoms. The quantitative estimate of drug-likeness (QED) is 0.720.